The maximum absolute atomic E-state index is 6.36. The number of benzene rings is 1. The van der Waals surface area contributed by atoms with E-state index in [1.165, 1.54) is 11.2 Å². The summed E-state index contributed by atoms with van der Waals surface area (Å²) < 4.78 is 2.24. The number of fused-ring (bicyclic) bond motifs is 1. The minimum atomic E-state index is -1.39. The van der Waals surface area contributed by atoms with Crippen LogP contribution in [0.15, 0.2) is 24.3 Å². The molecule has 0 bridgehead atoms. The van der Waals surface area contributed by atoms with Crippen molar-refractivity contribution in [1.29, 1.82) is 0 Å². The molecule has 1 aromatic heterocycles. The fourth-order valence-electron chi connectivity index (χ4n) is 2.72. The first-order valence-corrected chi connectivity index (χ1v) is 12.6. The Labute approximate surface area is 151 Å². The third kappa shape index (κ3) is 4.80. The van der Waals surface area contributed by atoms with Gasteiger partial charge in [0.25, 0.3) is 0 Å². The highest BCUT2D eigenvalue weighted by Gasteiger charge is 2.17. The Hall–Kier alpha value is -0.883. The summed E-state index contributed by atoms with van der Waals surface area (Å²) in [6.07, 6.45) is 3.19. The number of unbranched alkanes of at least 4 members (excludes halogenated alkanes) is 1. The topological polar surface area (TPSA) is 4.93 Å². The summed E-state index contributed by atoms with van der Waals surface area (Å²) in [6, 6.07) is 8.28. The van der Waals surface area contributed by atoms with Gasteiger partial charge in [0, 0.05) is 34.5 Å². The van der Waals surface area contributed by atoms with Crippen LogP contribution in [0.5, 0.6) is 0 Å². The number of nitrogens with zero attached hydrogens (tertiary/aromatic N) is 1. The maximum Gasteiger partial charge on any atom is 0.129 e. The highest BCUT2D eigenvalue weighted by molar-refractivity contribution is 6.83. The molecule has 0 saturated heterocycles. The van der Waals surface area contributed by atoms with E-state index in [9.17, 15) is 0 Å². The summed E-state index contributed by atoms with van der Waals surface area (Å²) in [6.45, 7) is 6.86. The van der Waals surface area contributed by atoms with E-state index >= 15 is 0 Å². The summed E-state index contributed by atoms with van der Waals surface area (Å²) in [7, 11) is 0.720. The molecular formula is C19H25Cl2NSi. The summed E-state index contributed by atoms with van der Waals surface area (Å²) in [5.41, 5.74) is 5.97. The average Bonchev–Trinajstić information content (AvgIpc) is 2.81. The minimum Gasteiger partial charge on any atom is -0.346 e. The largest absolute Gasteiger partial charge is 0.346 e. The molecule has 0 aliphatic heterocycles. The molecule has 1 nitrogen and oxygen atoms in total. The smallest absolute Gasteiger partial charge is 0.129 e. The Balaban J connectivity index is 2.43. The van der Waals surface area contributed by atoms with Crippen LogP contribution in [-0.4, -0.2) is 18.5 Å². The van der Waals surface area contributed by atoms with Crippen molar-refractivity contribution < 1.29 is 0 Å². The van der Waals surface area contributed by atoms with Crippen molar-refractivity contribution in [3.63, 3.8) is 0 Å². The number of halogens is 2. The van der Waals surface area contributed by atoms with Crippen LogP contribution in [0.25, 0.3) is 10.9 Å². The zero-order valence-corrected chi connectivity index (χ0v) is 16.9. The van der Waals surface area contributed by atoms with Gasteiger partial charge in [0.2, 0.25) is 0 Å². The van der Waals surface area contributed by atoms with E-state index in [1.807, 2.05) is 12.1 Å². The van der Waals surface area contributed by atoms with Crippen molar-refractivity contribution in [3.8, 4) is 11.5 Å². The quantitative estimate of drug-likeness (QED) is 0.257. The third-order valence-electron chi connectivity index (χ3n) is 3.93. The molecule has 0 aliphatic carbocycles. The van der Waals surface area contributed by atoms with Crippen molar-refractivity contribution in [2.45, 2.75) is 44.8 Å². The minimum absolute atomic E-state index is 0.249. The molecule has 0 radical (unpaired) electrons. The molecule has 1 atom stereocenters. The average molecular weight is 366 g/mol. The lowest BCUT2D eigenvalue weighted by molar-refractivity contribution is 0.648. The van der Waals surface area contributed by atoms with Gasteiger partial charge in [-0.15, -0.1) is 23.1 Å². The monoisotopic (exact) mass is 365 g/mol. The molecular weight excluding hydrogens is 341 g/mol. The number of rotatable bonds is 5. The number of aromatic nitrogens is 1. The fourth-order valence-corrected chi connectivity index (χ4v) is 3.74. The van der Waals surface area contributed by atoms with Gasteiger partial charge < -0.3 is 4.57 Å². The van der Waals surface area contributed by atoms with Gasteiger partial charge in [0.15, 0.2) is 0 Å². The molecule has 0 fully saturated rings. The van der Waals surface area contributed by atoms with Crippen LogP contribution in [0.4, 0.5) is 0 Å². The van der Waals surface area contributed by atoms with Gasteiger partial charge in [-0.3, -0.25) is 0 Å². The Kier molecular flexibility index (Phi) is 6.25. The predicted molar refractivity (Wildman–Crippen MR) is 106 cm³/mol. The van der Waals surface area contributed by atoms with Gasteiger partial charge in [-0.1, -0.05) is 43.7 Å². The number of aryl methyl sites for hydroxylation is 1. The SMILES string of the molecule is Cn1c([C@H](C#C[Si](C)(C)C)CCCCCl)cc2c(Cl)cccc21. The van der Waals surface area contributed by atoms with E-state index in [0.29, 0.717) is 0 Å². The third-order valence-corrected chi connectivity index (χ3v) is 5.42. The highest BCUT2D eigenvalue weighted by Crippen LogP contribution is 2.31. The second-order valence-electron chi connectivity index (χ2n) is 7.06. The lowest BCUT2D eigenvalue weighted by atomic mass is 9.99. The molecule has 0 amide bonds. The molecule has 2 aromatic rings. The molecule has 0 unspecified atom stereocenters. The molecule has 124 valence electrons. The molecule has 4 heteroatoms. The molecule has 1 aromatic carbocycles. The van der Waals surface area contributed by atoms with Gasteiger partial charge in [-0.05, 0) is 31.0 Å². The highest BCUT2D eigenvalue weighted by atomic mass is 35.5. The second kappa shape index (κ2) is 7.79. The normalized spacial score (nSPS) is 13.0. The van der Waals surface area contributed by atoms with Gasteiger partial charge in [0.1, 0.15) is 8.07 Å². The lowest BCUT2D eigenvalue weighted by Crippen LogP contribution is -2.17. The van der Waals surface area contributed by atoms with Gasteiger partial charge >= 0.3 is 0 Å². The first-order chi connectivity index (χ1) is 10.8. The van der Waals surface area contributed by atoms with Crippen LogP contribution in [0.2, 0.25) is 24.7 Å². The lowest BCUT2D eigenvalue weighted by Gasteiger charge is -2.14. The van der Waals surface area contributed by atoms with Gasteiger partial charge in [-0.25, -0.2) is 0 Å². The molecule has 23 heavy (non-hydrogen) atoms. The summed E-state index contributed by atoms with van der Waals surface area (Å²) in [5, 5.41) is 1.92. The van der Waals surface area contributed by atoms with Crippen molar-refractivity contribution in [2.75, 3.05) is 5.88 Å². The first-order valence-electron chi connectivity index (χ1n) is 8.16. The molecule has 0 aliphatic rings. The van der Waals surface area contributed by atoms with Crippen LogP contribution in [0.3, 0.4) is 0 Å². The number of hydrogen-bond donors (Lipinski definition) is 0. The van der Waals surface area contributed by atoms with E-state index in [1.54, 1.807) is 0 Å². The number of hydrogen-bond acceptors (Lipinski definition) is 0. The Morgan fingerprint density at radius 1 is 1.22 bits per heavy atom. The molecule has 0 spiro atoms. The summed E-state index contributed by atoms with van der Waals surface area (Å²) in [4.78, 5) is 0. The van der Waals surface area contributed by atoms with Crippen molar-refractivity contribution in [1.82, 2.24) is 4.57 Å². The summed E-state index contributed by atoms with van der Waals surface area (Å²) >= 11 is 12.2. The standard InChI is InChI=1S/C19H25Cl2NSi/c1-22-18-10-7-9-17(21)16(18)14-19(22)15(8-5-6-12-20)11-13-23(2,3)4/h7,9-10,14-15H,5-6,8,12H2,1-4H3/t15-/m0/s1. The van der Waals surface area contributed by atoms with E-state index in [-0.39, 0.29) is 5.92 Å². The molecule has 0 saturated carbocycles. The molecule has 2 rings (SSSR count). The number of alkyl halides is 1. The Morgan fingerprint density at radius 3 is 2.57 bits per heavy atom. The van der Waals surface area contributed by atoms with E-state index in [0.717, 1.165) is 35.6 Å². The molecule has 1 heterocycles. The van der Waals surface area contributed by atoms with Crippen LogP contribution in [-0.2, 0) is 7.05 Å². The van der Waals surface area contributed by atoms with Crippen LogP contribution >= 0.6 is 23.2 Å². The molecule has 0 N–H and O–H groups in total. The van der Waals surface area contributed by atoms with Crippen LogP contribution < -0.4 is 0 Å². The van der Waals surface area contributed by atoms with Crippen LogP contribution in [0, 0.1) is 11.5 Å². The second-order valence-corrected chi connectivity index (χ2v) is 12.6. The van der Waals surface area contributed by atoms with Crippen molar-refractivity contribution in [2.24, 2.45) is 7.05 Å². The predicted octanol–water partition coefficient (Wildman–Crippen LogP) is 6.21. The van der Waals surface area contributed by atoms with Gasteiger partial charge in [-0.2, -0.15) is 0 Å². The van der Waals surface area contributed by atoms with Crippen LogP contribution in [0.1, 0.15) is 30.9 Å². The fraction of sp³-hybridized carbons (Fsp3) is 0.474. The van der Waals surface area contributed by atoms with Gasteiger partial charge in [0.05, 0.1) is 5.92 Å². The summed E-state index contributed by atoms with van der Waals surface area (Å²) in [5.74, 6) is 4.53. The van der Waals surface area contributed by atoms with Crippen molar-refractivity contribution in [3.05, 3.63) is 35.0 Å². The first kappa shape index (κ1) is 18.5. The van der Waals surface area contributed by atoms with E-state index in [4.69, 9.17) is 23.2 Å². The van der Waals surface area contributed by atoms with Crippen molar-refractivity contribution >= 4 is 42.2 Å². The van der Waals surface area contributed by atoms with E-state index in [2.05, 4.69) is 54.9 Å². The van der Waals surface area contributed by atoms with E-state index < -0.39 is 8.07 Å². The zero-order valence-electron chi connectivity index (χ0n) is 14.4. The Bertz CT molecular complexity index is 731. The zero-order chi connectivity index (χ0) is 17.0. The maximum atomic E-state index is 6.36. The Morgan fingerprint density at radius 2 is 1.96 bits per heavy atom.